The SMILES string of the molecule is COc1ccccc1NC(=S)N=Nc1c(O)[nH]c2c(Br)cccc12. The van der Waals surface area contributed by atoms with E-state index in [-0.39, 0.29) is 11.0 Å². The molecule has 3 aromatic rings. The zero-order valence-corrected chi connectivity index (χ0v) is 15.0. The highest BCUT2D eigenvalue weighted by Gasteiger charge is 2.12. The molecule has 0 fully saturated rings. The standard InChI is InChI=1S/C16H13BrN4O2S/c1-23-12-8-3-2-7-11(12)18-16(24)21-20-14-9-5-4-6-10(17)13(9)19-15(14)22/h2-8,19,22H,1H3,(H,18,24). The number of hydrogen-bond acceptors (Lipinski definition) is 4. The summed E-state index contributed by atoms with van der Waals surface area (Å²) in [5, 5.41) is 21.9. The first-order valence-electron chi connectivity index (χ1n) is 6.95. The Morgan fingerprint density at radius 1 is 1.25 bits per heavy atom. The molecule has 0 amide bonds. The number of hydrogen-bond donors (Lipinski definition) is 3. The fourth-order valence-corrected chi connectivity index (χ4v) is 2.85. The van der Waals surface area contributed by atoms with Gasteiger partial charge in [-0.1, -0.05) is 24.3 Å². The van der Waals surface area contributed by atoms with E-state index in [2.05, 4.69) is 36.5 Å². The quantitative estimate of drug-likeness (QED) is 0.417. The fourth-order valence-electron chi connectivity index (χ4n) is 2.24. The van der Waals surface area contributed by atoms with Crippen LogP contribution in [0.5, 0.6) is 11.6 Å². The van der Waals surface area contributed by atoms with E-state index in [1.54, 1.807) is 7.11 Å². The highest BCUT2D eigenvalue weighted by Crippen LogP contribution is 2.38. The number of benzene rings is 2. The molecule has 0 saturated carbocycles. The molecule has 3 rings (SSSR count). The van der Waals surface area contributed by atoms with Crippen LogP contribution in [0.3, 0.4) is 0 Å². The average Bonchev–Trinajstić information content (AvgIpc) is 2.90. The molecular formula is C16H13BrN4O2S. The molecule has 0 saturated heterocycles. The predicted octanol–water partition coefficient (Wildman–Crippen LogP) is 5.13. The Morgan fingerprint density at radius 2 is 2.04 bits per heavy atom. The minimum absolute atomic E-state index is 0.0688. The number of anilines is 1. The molecule has 0 unspecified atom stereocenters. The van der Waals surface area contributed by atoms with E-state index in [0.717, 1.165) is 15.4 Å². The van der Waals surface area contributed by atoms with Crippen LogP contribution in [0.15, 0.2) is 57.2 Å². The van der Waals surface area contributed by atoms with Crippen LogP contribution in [0, 0.1) is 0 Å². The van der Waals surface area contributed by atoms with Crippen molar-refractivity contribution >= 4 is 55.5 Å². The van der Waals surface area contributed by atoms with Gasteiger partial charge in [0, 0.05) is 9.86 Å². The number of thiocarbonyl (C=S) groups is 1. The summed E-state index contributed by atoms with van der Waals surface area (Å²) in [6, 6.07) is 12.9. The zero-order chi connectivity index (χ0) is 17.1. The van der Waals surface area contributed by atoms with Crippen molar-refractivity contribution in [3.63, 3.8) is 0 Å². The summed E-state index contributed by atoms with van der Waals surface area (Å²) in [4.78, 5) is 2.86. The van der Waals surface area contributed by atoms with E-state index in [1.165, 1.54) is 0 Å². The van der Waals surface area contributed by atoms with Crippen molar-refractivity contribution in [2.24, 2.45) is 10.2 Å². The van der Waals surface area contributed by atoms with E-state index in [9.17, 15) is 5.11 Å². The lowest BCUT2D eigenvalue weighted by atomic mass is 10.2. The Kier molecular flexibility index (Phi) is 4.77. The summed E-state index contributed by atoms with van der Waals surface area (Å²) in [5.74, 6) is 0.578. The van der Waals surface area contributed by atoms with Crippen LogP contribution in [-0.4, -0.2) is 22.3 Å². The second-order valence-electron chi connectivity index (χ2n) is 4.82. The number of rotatable bonds is 3. The normalized spacial score (nSPS) is 11.1. The van der Waals surface area contributed by atoms with E-state index in [0.29, 0.717) is 17.1 Å². The van der Waals surface area contributed by atoms with Gasteiger partial charge in [0.05, 0.1) is 18.3 Å². The van der Waals surface area contributed by atoms with Gasteiger partial charge in [0.1, 0.15) is 5.75 Å². The van der Waals surface area contributed by atoms with Crippen molar-refractivity contribution in [2.45, 2.75) is 0 Å². The first-order chi connectivity index (χ1) is 11.6. The smallest absolute Gasteiger partial charge is 0.218 e. The van der Waals surface area contributed by atoms with Gasteiger partial charge in [-0.25, -0.2) is 0 Å². The highest BCUT2D eigenvalue weighted by molar-refractivity contribution is 9.10. The number of aromatic nitrogens is 1. The van der Waals surface area contributed by atoms with Crippen molar-refractivity contribution in [2.75, 3.05) is 12.4 Å². The number of H-pyrrole nitrogens is 1. The number of nitrogens with one attached hydrogen (secondary N) is 2. The van der Waals surface area contributed by atoms with Crippen molar-refractivity contribution in [1.29, 1.82) is 0 Å². The molecule has 122 valence electrons. The number of methoxy groups -OCH3 is 1. The van der Waals surface area contributed by atoms with Gasteiger partial charge in [0.2, 0.25) is 11.0 Å². The van der Waals surface area contributed by atoms with E-state index in [1.807, 2.05) is 42.5 Å². The number of nitrogens with zero attached hydrogens (tertiary/aromatic N) is 2. The summed E-state index contributed by atoms with van der Waals surface area (Å²) in [7, 11) is 1.58. The molecule has 1 aromatic heterocycles. The number of halogens is 1. The molecule has 2 aromatic carbocycles. The van der Waals surface area contributed by atoms with Gasteiger partial charge < -0.3 is 20.1 Å². The molecule has 0 aliphatic rings. The summed E-state index contributed by atoms with van der Waals surface area (Å²) >= 11 is 8.60. The van der Waals surface area contributed by atoms with Gasteiger partial charge in [-0.3, -0.25) is 0 Å². The number of ether oxygens (including phenoxy) is 1. The van der Waals surface area contributed by atoms with Gasteiger partial charge in [0.15, 0.2) is 5.69 Å². The summed E-state index contributed by atoms with van der Waals surface area (Å²) in [6.45, 7) is 0. The third-order valence-corrected chi connectivity index (χ3v) is 4.17. The topological polar surface area (TPSA) is 82.0 Å². The third kappa shape index (κ3) is 3.24. The van der Waals surface area contributed by atoms with Crippen LogP contribution in [0.2, 0.25) is 0 Å². The average molecular weight is 405 g/mol. The zero-order valence-electron chi connectivity index (χ0n) is 12.6. The van der Waals surface area contributed by atoms with Crippen LogP contribution in [0.4, 0.5) is 11.4 Å². The van der Waals surface area contributed by atoms with E-state index in [4.69, 9.17) is 17.0 Å². The number of aromatic hydroxyl groups is 1. The lowest BCUT2D eigenvalue weighted by Gasteiger charge is -2.08. The lowest BCUT2D eigenvalue weighted by Crippen LogP contribution is -2.06. The van der Waals surface area contributed by atoms with Gasteiger partial charge in [-0.15, -0.1) is 10.2 Å². The summed E-state index contributed by atoms with van der Waals surface area (Å²) in [6.07, 6.45) is 0. The number of para-hydroxylation sites is 3. The Morgan fingerprint density at radius 3 is 2.83 bits per heavy atom. The molecule has 0 spiro atoms. The minimum Gasteiger partial charge on any atom is -0.495 e. The van der Waals surface area contributed by atoms with Crippen molar-refractivity contribution < 1.29 is 9.84 Å². The van der Waals surface area contributed by atoms with E-state index >= 15 is 0 Å². The van der Waals surface area contributed by atoms with Gasteiger partial charge >= 0.3 is 0 Å². The molecule has 0 radical (unpaired) electrons. The number of fused-ring (bicyclic) bond motifs is 1. The Hall–Kier alpha value is -2.45. The molecule has 6 nitrogen and oxygen atoms in total. The molecule has 3 N–H and O–H groups in total. The maximum atomic E-state index is 10.0. The van der Waals surface area contributed by atoms with Gasteiger partial charge in [0.25, 0.3) is 0 Å². The molecule has 24 heavy (non-hydrogen) atoms. The maximum absolute atomic E-state index is 10.0. The van der Waals surface area contributed by atoms with Crippen molar-refractivity contribution in [1.82, 2.24) is 4.98 Å². The first-order valence-corrected chi connectivity index (χ1v) is 8.15. The number of azo groups is 1. The first kappa shape index (κ1) is 16.4. The van der Waals surface area contributed by atoms with Crippen LogP contribution in [0.25, 0.3) is 10.9 Å². The maximum Gasteiger partial charge on any atom is 0.218 e. The van der Waals surface area contributed by atoms with Crippen LogP contribution in [-0.2, 0) is 0 Å². The molecule has 8 heteroatoms. The Balaban J connectivity index is 1.85. The van der Waals surface area contributed by atoms with Crippen LogP contribution < -0.4 is 10.1 Å². The number of aromatic amines is 1. The predicted molar refractivity (Wildman–Crippen MR) is 101 cm³/mol. The highest BCUT2D eigenvalue weighted by atomic mass is 79.9. The Bertz CT molecular complexity index is 939. The molecule has 0 aliphatic carbocycles. The monoisotopic (exact) mass is 404 g/mol. The fraction of sp³-hybridized carbons (Fsp3) is 0.0625. The van der Waals surface area contributed by atoms with Gasteiger partial charge in [-0.2, -0.15) is 0 Å². The largest absolute Gasteiger partial charge is 0.495 e. The second-order valence-corrected chi connectivity index (χ2v) is 6.06. The summed E-state index contributed by atoms with van der Waals surface area (Å²) in [5.41, 5.74) is 1.76. The van der Waals surface area contributed by atoms with Crippen molar-refractivity contribution in [3.05, 3.63) is 46.9 Å². The van der Waals surface area contributed by atoms with Crippen molar-refractivity contribution in [3.8, 4) is 11.6 Å². The molecule has 0 bridgehead atoms. The van der Waals surface area contributed by atoms with E-state index < -0.39 is 0 Å². The van der Waals surface area contributed by atoms with Crippen LogP contribution >= 0.6 is 28.1 Å². The summed E-state index contributed by atoms with van der Waals surface area (Å²) < 4.78 is 6.07. The second kappa shape index (κ2) is 6.98. The molecular weight excluding hydrogens is 392 g/mol. The minimum atomic E-state index is -0.0688. The molecule has 0 atom stereocenters. The lowest BCUT2D eigenvalue weighted by molar-refractivity contribution is 0.417. The molecule has 0 aliphatic heterocycles. The molecule has 1 heterocycles. The van der Waals surface area contributed by atoms with Crippen LogP contribution in [0.1, 0.15) is 0 Å². The van der Waals surface area contributed by atoms with Gasteiger partial charge in [-0.05, 0) is 46.3 Å². The Labute approximate surface area is 151 Å². The third-order valence-electron chi connectivity index (χ3n) is 3.33.